The predicted octanol–water partition coefficient (Wildman–Crippen LogP) is 2.81. The number of hydrogen-bond donors (Lipinski definition) is 0. The van der Waals surface area contributed by atoms with Gasteiger partial charge in [0.05, 0.1) is 11.8 Å². The maximum atomic E-state index is 13.2. The van der Waals surface area contributed by atoms with Crippen LogP contribution in [-0.4, -0.2) is 51.1 Å². The Bertz CT molecular complexity index is 1170. The molecule has 0 bridgehead atoms. The summed E-state index contributed by atoms with van der Waals surface area (Å²) >= 11 is 0. The first-order chi connectivity index (χ1) is 14.4. The van der Waals surface area contributed by atoms with Gasteiger partial charge in [-0.3, -0.25) is 18.6 Å². The van der Waals surface area contributed by atoms with Crippen LogP contribution in [0.15, 0.2) is 40.3 Å². The topological polar surface area (TPSA) is 82.0 Å². The second-order valence-corrected chi connectivity index (χ2v) is 7.65. The molecule has 158 valence electrons. The number of piperidine rings is 1. The van der Waals surface area contributed by atoms with E-state index in [1.165, 1.54) is 0 Å². The average Bonchev–Trinajstić information content (AvgIpc) is 3.32. The van der Waals surface area contributed by atoms with Gasteiger partial charge < -0.3 is 14.1 Å². The summed E-state index contributed by atoms with van der Waals surface area (Å²) in [6.45, 7) is 9.01. The van der Waals surface area contributed by atoms with Crippen molar-refractivity contribution in [2.24, 2.45) is 0 Å². The summed E-state index contributed by atoms with van der Waals surface area (Å²) in [4.78, 5) is 32.3. The highest BCUT2D eigenvalue weighted by atomic mass is 16.5. The summed E-state index contributed by atoms with van der Waals surface area (Å²) in [5, 5.41) is 0. The summed E-state index contributed by atoms with van der Waals surface area (Å²) in [6, 6.07) is 1.90. The minimum absolute atomic E-state index is 0.0310. The highest BCUT2D eigenvalue weighted by Gasteiger charge is 2.27. The number of amides is 1. The molecule has 3 aromatic heterocycles. The van der Waals surface area contributed by atoms with Crippen LogP contribution in [0, 0.1) is 13.8 Å². The number of methoxy groups -OCH3 is 1. The van der Waals surface area contributed by atoms with Crippen LogP contribution in [-0.2, 0) is 11.3 Å². The second kappa shape index (κ2) is 7.95. The minimum atomic E-state index is -0.280. The van der Waals surface area contributed by atoms with Crippen molar-refractivity contribution in [3.05, 3.63) is 58.7 Å². The highest BCUT2D eigenvalue weighted by molar-refractivity contribution is 5.93. The van der Waals surface area contributed by atoms with Crippen LogP contribution in [0.2, 0.25) is 0 Å². The molecule has 0 N–H and O–H groups in total. The van der Waals surface area contributed by atoms with Crippen molar-refractivity contribution in [1.82, 2.24) is 18.9 Å². The summed E-state index contributed by atoms with van der Waals surface area (Å²) in [5.41, 5.74) is 1.70. The fourth-order valence-electron chi connectivity index (χ4n) is 4.07. The van der Waals surface area contributed by atoms with Gasteiger partial charge in [-0.25, -0.2) is 4.98 Å². The first-order valence-corrected chi connectivity index (χ1v) is 10.1. The van der Waals surface area contributed by atoms with Gasteiger partial charge in [0.15, 0.2) is 0 Å². The Hall–Kier alpha value is -3.13. The zero-order valence-corrected chi connectivity index (χ0v) is 17.6. The number of allylic oxidation sites excluding steroid dienone is 1. The first-order valence-electron chi connectivity index (χ1n) is 10.1. The molecule has 1 amide bonds. The second-order valence-electron chi connectivity index (χ2n) is 7.65. The molecule has 4 heterocycles. The molecule has 1 unspecified atom stereocenters. The fourth-order valence-corrected chi connectivity index (χ4v) is 4.07. The van der Waals surface area contributed by atoms with Gasteiger partial charge in [-0.2, -0.15) is 0 Å². The Morgan fingerprint density at radius 2 is 2.20 bits per heavy atom. The fraction of sp³-hybridized carbons (Fsp3) is 0.409. The molecule has 0 spiro atoms. The van der Waals surface area contributed by atoms with Crippen LogP contribution in [0.1, 0.15) is 34.9 Å². The molecule has 3 aromatic rings. The van der Waals surface area contributed by atoms with E-state index in [1.54, 1.807) is 33.3 Å². The quantitative estimate of drug-likeness (QED) is 0.604. The molecule has 1 saturated heterocycles. The van der Waals surface area contributed by atoms with Crippen LogP contribution in [0.5, 0.6) is 0 Å². The smallest absolute Gasteiger partial charge is 0.295 e. The molecule has 0 saturated carbocycles. The summed E-state index contributed by atoms with van der Waals surface area (Å²) < 4.78 is 14.3. The lowest BCUT2D eigenvalue weighted by Gasteiger charge is -2.31. The Labute approximate surface area is 174 Å². The number of aryl methyl sites for hydroxylation is 2. The normalized spacial score (nSPS) is 16.9. The van der Waals surface area contributed by atoms with E-state index in [1.807, 2.05) is 26.1 Å². The van der Waals surface area contributed by atoms with Gasteiger partial charge in [0.1, 0.15) is 17.2 Å². The molecule has 0 aromatic carbocycles. The number of ether oxygens (including phenoxy) is 1. The van der Waals surface area contributed by atoms with E-state index in [0.717, 1.165) is 29.9 Å². The number of nitrogens with zero attached hydrogens (tertiary/aromatic N) is 4. The van der Waals surface area contributed by atoms with Crippen molar-refractivity contribution < 1.29 is 13.9 Å². The number of furan rings is 1. The third kappa shape index (κ3) is 3.47. The lowest BCUT2D eigenvalue weighted by atomic mass is 10.1. The molecule has 1 atom stereocenters. The zero-order valence-electron chi connectivity index (χ0n) is 17.6. The van der Waals surface area contributed by atoms with Crippen LogP contribution >= 0.6 is 0 Å². The van der Waals surface area contributed by atoms with E-state index >= 15 is 0 Å². The van der Waals surface area contributed by atoms with Gasteiger partial charge >= 0.3 is 0 Å². The minimum Gasteiger partial charge on any atom is -0.466 e. The zero-order chi connectivity index (χ0) is 21.4. The monoisotopic (exact) mass is 410 g/mol. The van der Waals surface area contributed by atoms with Crippen LogP contribution < -0.4 is 5.56 Å². The van der Waals surface area contributed by atoms with Gasteiger partial charge in [0.2, 0.25) is 5.65 Å². The summed E-state index contributed by atoms with van der Waals surface area (Å²) in [6.07, 6.45) is 6.95. The molecular weight excluding hydrogens is 384 g/mol. The van der Waals surface area contributed by atoms with Crippen LogP contribution in [0.4, 0.5) is 0 Å². The Morgan fingerprint density at radius 1 is 1.40 bits per heavy atom. The average molecular weight is 410 g/mol. The highest BCUT2D eigenvalue weighted by Crippen LogP contribution is 2.26. The van der Waals surface area contributed by atoms with Crippen molar-refractivity contribution in [3.8, 4) is 11.3 Å². The van der Waals surface area contributed by atoms with Crippen molar-refractivity contribution in [3.63, 3.8) is 0 Å². The van der Waals surface area contributed by atoms with E-state index < -0.39 is 0 Å². The predicted molar refractivity (Wildman–Crippen MR) is 113 cm³/mol. The molecule has 1 aliphatic rings. The van der Waals surface area contributed by atoms with E-state index in [2.05, 4.69) is 11.6 Å². The first kappa shape index (κ1) is 20.2. The molecule has 0 radical (unpaired) electrons. The molecule has 1 fully saturated rings. The van der Waals surface area contributed by atoms with Gasteiger partial charge in [-0.1, -0.05) is 6.08 Å². The number of hydrogen-bond acceptors (Lipinski definition) is 5. The molecule has 8 heteroatoms. The van der Waals surface area contributed by atoms with E-state index in [-0.39, 0.29) is 28.9 Å². The number of rotatable bonds is 5. The van der Waals surface area contributed by atoms with Crippen molar-refractivity contribution in [2.45, 2.75) is 39.3 Å². The lowest BCUT2D eigenvalue weighted by molar-refractivity contribution is 0.0266. The Balaban J connectivity index is 1.80. The number of carbonyl (C=O) groups excluding carboxylic acids is 1. The maximum Gasteiger partial charge on any atom is 0.295 e. The Kier molecular flexibility index (Phi) is 5.34. The molecule has 30 heavy (non-hydrogen) atoms. The van der Waals surface area contributed by atoms with Crippen LogP contribution in [0.3, 0.4) is 0 Å². The van der Waals surface area contributed by atoms with Gasteiger partial charge in [0.25, 0.3) is 11.5 Å². The summed E-state index contributed by atoms with van der Waals surface area (Å²) in [7, 11) is 1.66. The van der Waals surface area contributed by atoms with Gasteiger partial charge in [-0.05, 0) is 32.8 Å². The van der Waals surface area contributed by atoms with Gasteiger partial charge in [-0.15, -0.1) is 6.58 Å². The van der Waals surface area contributed by atoms with Crippen molar-refractivity contribution >= 4 is 11.6 Å². The number of carbonyl (C=O) groups is 1. The maximum absolute atomic E-state index is 13.2. The third-order valence-corrected chi connectivity index (χ3v) is 5.57. The standard InChI is InChI=1S/C22H26N4O4/c1-5-8-26-19(17-10-14(2)30-15(17)3)13-25-12-18(23-20(25)22(26)28)21(27)24-9-6-7-16(11-24)29-4/h5,10,12-13,16H,1,6-9,11H2,2-4H3. The molecule has 4 rings (SSSR count). The van der Waals surface area contributed by atoms with Gasteiger partial charge in [0, 0.05) is 44.7 Å². The largest absolute Gasteiger partial charge is 0.466 e. The Morgan fingerprint density at radius 3 is 2.87 bits per heavy atom. The number of likely N-dealkylation sites (tertiary alicyclic amines) is 1. The van der Waals surface area contributed by atoms with E-state index in [9.17, 15) is 9.59 Å². The SMILES string of the molecule is C=CCn1c(-c2cc(C)oc2C)cn2cc(C(=O)N3CCCC(OC)C3)nc2c1=O. The number of fused-ring (bicyclic) bond motifs is 1. The lowest BCUT2D eigenvalue weighted by Crippen LogP contribution is -2.43. The third-order valence-electron chi connectivity index (χ3n) is 5.57. The summed E-state index contributed by atoms with van der Waals surface area (Å²) in [5.74, 6) is 1.30. The molecule has 8 nitrogen and oxygen atoms in total. The van der Waals surface area contributed by atoms with Crippen molar-refractivity contribution in [1.29, 1.82) is 0 Å². The molecular formula is C22H26N4O4. The molecule has 1 aliphatic heterocycles. The van der Waals surface area contributed by atoms with Crippen LogP contribution in [0.25, 0.3) is 16.9 Å². The van der Waals surface area contributed by atoms with E-state index in [0.29, 0.717) is 25.3 Å². The molecule has 0 aliphatic carbocycles. The number of aromatic nitrogens is 3. The number of imidazole rings is 1. The van der Waals surface area contributed by atoms with E-state index in [4.69, 9.17) is 9.15 Å². The van der Waals surface area contributed by atoms with Crippen molar-refractivity contribution in [2.75, 3.05) is 20.2 Å².